The van der Waals surface area contributed by atoms with Gasteiger partial charge in [0.25, 0.3) is 5.91 Å². The van der Waals surface area contributed by atoms with E-state index in [4.69, 9.17) is 27.9 Å². The normalized spacial score (nSPS) is 18.5. The number of anilines is 1. The molecule has 2 aromatic rings. The van der Waals surface area contributed by atoms with Crippen LogP contribution in [-0.2, 0) is 0 Å². The Morgan fingerprint density at radius 1 is 1.14 bits per heavy atom. The highest BCUT2D eigenvalue weighted by Gasteiger charge is 2.52. The van der Waals surface area contributed by atoms with Crippen molar-refractivity contribution in [1.82, 2.24) is 0 Å². The zero-order chi connectivity index (χ0) is 15.6. The number of carbonyl (C=O) groups excluding carboxylic acids is 1. The lowest BCUT2D eigenvalue weighted by atomic mass is 10.2. The van der Waals surface area contributed by atoms with Gasteiger partial charge in [-0.1, -0.05) is 30.3 Å². The summed E-state index contributed by atoms with van der Waals surface area (Å²) >= 11 is 12.0. The molecule has 1 saturated carbocycles. The molecule has 0 saturated heterocycles. The van der Waals surface area contributed by atoms with Gasteiger partial charge in [-0.25, -0.2) is 0 Å². The van der Waals surface area contributed by atoms with E-state index in [9.17, 15) is 4.79 Å². The summed E-state index contributed by atoms with van der Waals surface area (Å²) in [5.74, 6) is 0.439. The Morgan fingerprint density at radius 3 is 2.45 bits per heavy atom. The predicted molar refractivity (Wildman–Crippen MR) is 88.9 cm³/mol. The molecule has 0 spiro atoms. The fraction of sp³-hybridized carbons (Fsp3) is 0.235. The highest BCUT2D eigenvalue weighted by Crippen LogP contribution is 2.53. The number of halogens is 2. The molecule has 5 heteroatoms. The van der Waals surface area contributed by atoms with Crippen LogP contribution in [0.3, 0.4) is 0 Å². The van der Waals surface area contributed by atoms with E-state index < -0.39 is 4.33 Å². The monoisotopic (exact) mass is 335 g/mol. The van der Waals surface area contributed by atoms with Crippen LogP contribution in [0.4, 0.5) is 5.69 Å². The van der Waals surface area contributed by atoms with Crippen molar-refractivity contribution in [3.8, 4) is 5.75 Å². The third-order valence-corrected chi connectivity index (χ3v) is 4.48. The number of alkyl halides is 2. The van der Waals surface area contributed by atoms with Crippen molar-refractivity contribution in [2.75, 3.05) is 11.9 Å². The summed E-state index contributed by atoms with van der Waals surface area (Å²) in [6, 6.07) is 16.4. The number of carbonyl (C=O) groups is 1. The molecule has 1 aliphatic carbocycles. The standard InChI is InChI=1S/C17H15Cl2NO2/c18-17(19)10-12(17)11-22-15-9-5-4-8-14(15)16(21)20-13-6-2-1-3-7-13/h1-9,12H,10-11H2,(H,20,21)/t12-/m0/s1. The van der Waals surface area contributed by atoms with Crippen LogP contribution in [0.5, 0.6) is 5.75 Å². The van der Waals surface area contributed by atoms with Crippen molar-refractivity contribution in [3.05, 3.63) is 60.2 Å². The van der Waals surface area contributed by atoms with Crippen molar-refractivity contribution in [1.29, 1.82) is 0 Å². The van der Waals surface area contributed by atoms with Crippen molar-refractivity contribution in [2.24, 2.45) is 5.92 Å². The summed E-state index contributed by atoms with van der Waals surface area (Å²) in [6.07, 6.45) is 0.717. The third kappa shape index (κ3) is 3.54. The number of hydrogen-bond acceptors (Lipinski definition) is 2. The van der Waals surface area contributed by atoms with Crippen LogP contribution in [0.1, 0.15) is 16.8 Å². The zero-order valence-corrected chi connectivity index (χ0v) is 13.3. The van der Waals surface area contributed by atoms with E-state index >= 15 is 0 Å². The van der Waals surface area contributed by atoms with E-state index in [1.165, 1.54) is 0 Å². The molecule has 1 atom stereocenters. The first kappa shape index (κ1) is 15.2. The fourth-order valence-corrected chi connectivity index (χ4v) is 2.64. The minimum Gasteiger partial charge on any atom is -0.492 e. The third-order valence-electron chi connectivity index (χ3n) is 3.56. The molecule has 0 aromatic heterocycles. The van der Waals surface area contributed by atoms with Gasteiger partial charge < -0.3 is 10.1 Å². The number of hydrogen-bond donors (Lipinski definition) is 1. The molecule has 1 aliphatic rings. The van der Waals surface area contributed by atoms with E-state index in [0.29, 0.717) is 24.3 Å². The van der Waals surface area contributed by atoms with Gasteiger partial charge in [-0.3, -0.25) is 4.79 Å². The highest BCUT2D eigenvalue weighted by molar-refractivity contribution is 6.50. The Kier molecular flexibility index (Phi) is 4.27. The minimum atomic E-state index is -0.679. The summed E-state index contributed by atoms with van der Waals surface area (Å²) in [7, 11) is 0. The molecule has 1 amide bonds. The highest BCUT2D eigenvalue weighted by atomic mass is 35.5. The van der Waals surface area contributed by atoms with E-state index in [1.54, 1.807) is 18.2 Å². The van der Waals surface area contributed by atoms with Gasteiger partial charge in [-0.05, 0) is 30.7 Å². The summed E-state index contributed by atoms with van der Waals surface area (Å²) in [5.41, 5.74) is 1.23. The summed E-state index contributed by atoms with van der Waals surface area (Å²) in [4.78, 5) is 12.4. The maximum absolute atomic E-state index is 12.4. The Bertz CT molecular complexity index is 673. The number of ether oxygens (including phenoxy) is 1. The van der Waals surface area contributed by atoms with Crippen LogP contribution in [-0.4, -0.2) is 16.8 Å². The average molecular weight is 336 g/mol. The molecule has 0 aliphatic heterocycles. The molecule has 22 heavy (non-hydrogen) atoms. The molecular formula is C17H15Cl2NO2. The maximum atomic E-state index is 12.4. The number of para-hydroxylation sites is 2. The average Bonchev–Trinajstić information content (AvgIpc) is 3.13. The topological polar surface area (TPSA) is 38.3 Å². The van der Waals surface area contributed by atoms with Crippen LogP contribution < -0.4 is 10.1 Å². The van der Waals surface area contributed by atoms with E-state index in [0.717, 1.165) is 5.69 Å². The number of amides is 1. The van der Waals surface area contributed by atoms with E-state index in [-0.39, 0.29) is 11.8 Å². The molecule has 0 heterocycles. The number of benzene rings is 2. The smallest absolute Gasteiger partial charge is 0.259 e. The van der Waals surface area contributed by atoms with Gasteiger partial charge in [-0.2, -0.15) is 0 Å². The molecule has 3 rings (SSSR count). The van der Waals surface area contributed by atoms with Crippen LogP contribution in [0, 0.1) is 5.92 Å². The Hall–Kier alpha value is -1.71. The first-order valence-electron chi connectivity index (χ1n) is 7.02. The molecule has 2 aromatic carbocycles. The Labute approximate surface area is 139 Å². The maximum Gasteiger partial charge on any atom is 0.259 e. The van der Waals surface area contributed by atoms with Gasteiger partial charge in [0.15, 0.2) is 0 Å². The van der Waals surface area contributed by atoms with E-state index in [1.807, 2.05) is 36.4 Å². The van der Waals surface area contributed by atoms with Gasteiger partial charge >= 0.3 is 0 Å². The summed E-state index contributed by atoms with van der Waals surface area (Å²) in [5, 5.41) is 2.85. The van der Waals surface area contributed by atoms with Gasteiger partial charge in [-0.15, -0.1) is 23.2 Å². The van der Waals surface area contributed by atoms with Crippen molar-refractivity contribution in [2.45, 2.75) is 10.8 Å². The lowest BCUT2D eigenvalue weighted by molar-refractivity contribution is 0.102. The van der Waals surface area contributed by atoms with Crippen molar-refractivity contribution >= 4 is 34.8 Å². The molecule has 0 radical (unpaired) electrons. The first-order chi connectivity index (χ1) is 10.6. The minimum absolute atomic E-state index is 0.112. The Balaban J connectivity index is 1.69. The number of nitrogens with one attached hydrogen (secondary N) is 1. The molecular weight excluding hydrogens is 321 g/mol. The van der Waals surface area contributed by atoms with E-state index in [2.05, 4.69) is 5.32 Å². The van der Waals surface area contributed by atoms with Gasteiger partial charge in [0, 0.05) is 11.6 Å². The van der Waals surface area contributed by atoms with Crippen LogP contribution in [0.25, 0.3) is 0 Å². The molecule has 114 valence electrons. The Morgan fingerprint density at radius 2 is 1.77 bits per heavy atom. The molecule has 3 nitrogen and oxygen atoms in total. The van der Waals surface area contributed by atoms with Gasteiger partial charge in [0.1, 0.15) is 10.1 Å². The quantitative estimate of drug-likeness (QED) is 0.816. The van der Waals surface area contributed by atoms with Crippen LogP contribution in [0.15, 0.2) is 54.6 Å². The predicted octanol–water partition coefficient (Wildman–Crippen LogP) is 4.51. The van der Waals surface area contributed by atoms with Crippen LogP contribution in [0.2, 0.25) is 0 Å². The number of rotatable bonds is 5. The summed E-state index contributed by atoms with van der Waals surface area (Å²) < 4.78 is 5.05. The first-order valence-corrected chi connectivity index (χ1v) is 7.78. The lowest BCUT2D eigenvalue weighted by Crippen LogP contribution is -2.14. The molecule has 0 bridgehead atoms. The van der Waals surface area contributed by atoms with Gasteiger partial charge in [0.2, 0.25) is 0 Å². The second-order valence-corrected chi connectivity index (χ2v) is 6.83. The molecule has 0 unspecified atom stereocenters. The summed E-state index contributed by atoms with van der Waals surface area (Å²) in [6.45, 7) is 0.405. The van der Waals surface area contributed by atoms with Gasteiger partial charge in [0.05, 0.1) is 12.2 Å². The SMILES string of the molecule is O=C(Nc1ccccc1)c1ccccc1OC[C@@H]1CC1(Cl)Cl. The fourth-order valence-electron chi connectivity index (χ4n) is 2.14. The molecule has 1 fully saturated rings. The second kappa shape index (κ2) is 6.19. The second-order valence-electron chi connectivity index (χ2n) is 5.29. The van der Waals surface area contributed by atoms with Crippen molar-refractivity contribution < 1.29 is 9.53 Å². The molecule has 1 N–H and O–H groups in total. The van der Waals surface area contributed by atoms with Crippen LogP contribution >= 0.6 is 23.2 Å². The lowest BCUT2D eigenvalue weighted by Gasteiger charge is -2.12. The zero-order valence-electron chi connectivity index (χ0n) is 11.8. The van der Waals surface area contributed by atoms with Crippen molar-refractivity contribution in [3.63, 3.8) is 0 Å². The largest absolute Gasteiger partial charge is 0.492 e.